The van der Waals surface area contributed by atoms with E-state index in [1.165, 1.54) is 98.6 Å². The van der Waals surface area contributed by atoms with Crippen molar-refractivity contribution in [3.8, 4) is 50.2 Å². The topological polar surface area (TPSA) is 8.17 Å². The van der Waals surface area contributed by atoms with Crippen LogP contribution in [0.2, 0.25) is 0 Å². The summed E-state index contributed by atoms with van der Waals surface area (Å²) in [5.41, 5.74) is 16.4. The van der Waals surface area contributed by atoms with Crippen molar-refractivity contribution >= 4 is 71.2 Å². The maximum Gasteiger partial charge on any atom is 0.0541 e. The number of para-hydroxylation sites is 3. The summed E-state index contributed by atoms with van der Waals surface area (Å²) < 4.78 is 2.37. The molecule has 0 N–H and O–H groups in total. The van der Waals surface area contributed by atoms with Crippen LogP contribution < -0.4 is 4.90 Å². The molecule has 0 aliphatic carbocycles. The van der Waals surface area contributed by atoms with Gasteiger partial charge in [-0.2, -0.15) is 0 Å². The SMILES string of the molecule is c1ccc(-c2c3ccccc3c(-c3ccccc3N(c3ccc(-c4ccc5ccccc5c4)cc3)c3ccc(-c4ccc5c(c4)c4ccccc4n5-c4ccccc4)cc3)c3ccccc23)cc1. The van der Waals surface area contributed by atoms with Crippen molar-refractivity contribution in [1.82, 2.24) is 4.57 Å². The van der Waals surface area contributed by atoms with Crippen molar-refractivity contribution in [1.29, 1.82) is 0 Å². The van der Waals surface area contributed by atoms with E-state index in [0.717, 1.165) is 22.7 Å². The quantitative estimate of drug-likeness (QED) is 0.138. The van der Waals surface area contributed by atoms with Crippen LogP contribution in [0.15, 0.2) is 267 Å². The predicted molar refractivity (Wildman–Crippen MR) is 290 cm³/mol. The van der Waals surface area contributed by atoms with E-state index in [0.29, 0.717) is 0 Å². The summed E-state index contributed by atoms with van der Waals surface area (Å²) in [5.74, 6) is 0. The molecule has 0 saturated carbocycles. The first-order valence-electron chi connectivity index (χ1n) is 23.4. The van der Waals surface area contributed by atoms with Gasteiger partial charge in [-0.3, -0.25) is 0 Å². The van der Waals surface area contributed by atoms with Gasteiger partial charge >= 0.3 is 0 Å². The van der Waals surface area contributed by atoms with Gasteiger partial charge in [-0.25, -0.2) is 0 Å². The molecule has 318 valence electrons. The molecule has 13 aromatic rings. The Morgan fingerprint density at radius 1 is 0.265 bits per heavy atom. The molecule has 0 aliphatic heterocycles. The van der Waals surface area contributed by atoms with Crippen LogP contribution in [0.4, 0.5) is 17.1 Å². The molecule has 0 unspecified atom stereocenters. The number of aromatic nitrogens is 1. The van der Waals surface area contributed by atoms with E-state index < -0.39 is 0 Å². The van der Waals surface area contributed by atoms with Gasteiger partial charge in [-0.05, 0) is 138 Å². The molecule has 13 rings (SSSR count). The lowest BCUT2D eigenvalue weighted by Gasteiger charge is -2.29. The van der Waals surface area contributed by atoms with Gasteiger partial charge < -0.3 is 9.47 Å². The second-order valence-corrected chi connectivity index (χ2v) is 17.6. The zero-order chi connectivity index (χ0) is 45.0. The molecule has 1 aromatic heterocycles. The van der Waals surface area contributed by atoms with E-state index in [1.54, 1.807) is 0 Å². The Balaban J connectivity index is 0.979. The number of hydrogen-bond acceptors (Lipinski definition) is 1. The van der Waals surface area contributed by atoms with Crippen LogP contribution in [0.5, 0.6) is 0 Å². The van der Waals surface area contributed by atoms with E-state index in [2.05, 4.69) is 276 Å². The highest BCUT2D eigenvalue weighted by atomic mass is 15.1. The molecule has 1 heterocycles. The smallest absolute Gasteiger partial charge is 0.0541 e. The van der Waals surface area contributed by atoms with Crippen LogP contribution in [0.1, 0.15) is 0 Å². The molecule has 2 nitrogen and oxygen atoms in total. The standard InChI is InChI=1S/C66H44N2/c1-3-18-48(19-4-1)65-56-24-9-11-26-58(56)66(59-27-12-10-25-57(59)65)60-28-14-16-30-63(60)67(53-38-33-46(34-39-53)50-32-31-45-17-7-8-20-49(45)43-50)54-40-35-47(36-41-54)51-37-42-64-61(44-51)55-23-13-15-29-62(55)68(64)52-21-5-2-6-22-52/h1-44H. The van der Waals surface area contributed by atoms with Gasteiger partial charge in [0.15, 0.2) is 0 Å². The minimum Gasteiger partial charge on any atom is -0.310 e. The summed E-state index contributed by atoms with van der Waals surface area (Å²) in [6.07, 6.45) is 0. The van der Waals surface area contributed by atoms with Crippen molar-refractivity contribution in [2.45, 2.75) is 0 Å². The molecule has 0 atom stereocenters. The van der Waals surface area contributed by atoms with Crippen molar-refractivity contribution in [2.75, 3.05) is 4.90 Å². The van der Waals surface area contributed by atoms with Crippen LogP contribution in [0, 0.1) is 0 Å². The summed E-state index contributed by atoms with van der Waals surface area (Å²) in [5, 5.41) is 9.90. The number of fused-ring (bicyclic) bond motifs is 6. The molecule has 0 amide bonds. The van der Waals surface area contributed by atoms with Crippen LogP contribution in [0.3, 0.4) is 0 Å². The average Bonchev–Trinajstić information content (AvgIpc) is 3.75. The fourth-order valence-corrected chi connectivity index (χ4v) is 10.6. The highest BCUT2D eigenvalue weighted by Crippen LogP contribution is 2.49. The van der Waals surface area contributed by atoms with Gasteiger partial charge in [0.25, 0.3) is 0 Å². The molecular weight excluding hydrogens is 821 g/mol. The Bertz CT molecular complexity index is 3940. The second-order valence-electron chi connectivity index (χ2n) is 17.6. The van der Waals surface area contributed by atoms with Gasteiger partial charge in [0.05, 0.1) is 16.7 Å². The molecular formula is C66H44N2. The zero-order valence-electron chi connectivity index (χ0n) is 37.3. The van der Waals surface area contributed by atoms with E-state index in [9.17, 15) is 0 Å². The van der Waals surface area contributed by atoms with E-state index in [4.69, 9.17) is 0 Å². The maximum absolute atomic E-state index is 2.44. The Hall–Kier alpha value is -8.98. The van der Waals surface area contributed by atoms with Crippen LogP contribution in [0.25, 0.3) is 104 Å². The van der Waals surface area contributed by atoms with Crippen molar-refractivity contribution in [3.05, 3.63) is 267 Å². The lowest BCUT2D eigenvalue weighted by Crippen LogP contribution is -2.11. The maximum atomic E-state index is 2.44. The van der Waals surface area contributed by atoms with Crippen molar-refractivity contribution in [3.63, 3.8) is 0 Å². The molecule has 0 saturated heterocycles. The monoisotopic (exact) mass is 864 g/mol. The first-order chi connectivity index (χ1) is 33.7. The number of nitrogens with zero attached hydrogens (tertiary/aromatic N) is 2. The molecule has 0 bridgehead atoms. The van der Waals surface area contributed by atoms with Gasteiger partial charge in [0, 0.05) is 33.4 Å². The van der Waals surface area contributed by atoms with Crippen LogP contribution in [-0.4, -0.2) is 4.57 Å². The molecule has 2 heteroatoms. The summed E-state index contributed by atoms with van der Waals surface area (Å²) in [6.45, 7) is 0. The molecule has 0 aliphatic rings. The van der Waals surface area contributed by atoms with E-state index >= 15 is 0 Å². The average molecular weight is 865 g/mol. The predicted octanol–water partition coefficient (Wildman–Crippen LogP) is 18.4. The van der Waals surface area contributed by atoms with Crippen molar-refractivity contribution < 1.29 is 0 Å². The van der Waals surface area contributed by atoms with E-state index in [1.807, 2.05) is 0 Å². The third-order valence-electron chi connectivity index (χ3n) is 13.8. The van der Waals surface area contributed by atoms with Crippen LogP contribution >= 0.6 is 0 Å². The Morgan fingerprint density at radius 3 is 1.40 bits per heavy atom. The van der Waals surface area contributed by atoms with Gasteiger partial charge in [-0.15, -0.1) is 0 Å². The minimum atomic E-state index is 1.08. The summed E-state index contributed by atoms with van der Waals surface area (Å²) in [6, 6.07) is 97.5. The Morgan fingerprint density at radius 2 is 0.735 bits per heavy atom. The zero-order valence-corrected chi connectivity index (χ0v) is 37.3. The van der Waals surface area contributed by atoms with Gasteiger partial charge in [-0.1, -0.05) is 200 Å². The first-order valence-corrected chi connectivity index (χ1v) is 23.4. The lowest BCUT2D eigenvalue weighted by molar-refractivity contribution is 1.18. The normalized spacial score (nSPS) is 11.5. The largest absolute Gasteiger partial charge is 0.310 e. The summed E-state index contributed by atoms with van der Waals surface area (Å²) >= 11 is 0. The second kappa shape index (κ2) is 16.5. The van der Waals surface area contributed by atoms with Gasteiger partial charge in [0.2, 0.25) is 0 Å². The fourth-order valence-electron chi connectivity index (χ4n) is 10.6. The van der Waals surface area contributed by atoms with E-state index in [-0.39, 0.29) is 0 Å². The molecule has 12 aromatic carbocycles. The Kier molecular flexibility index (Phi) is 9.54. The lowest BCUT2D eigenvalue weighted by atomic mass is 9.85. The Labute approximate surface area is 395 Å². The van der Waals surface area contributed by atoms with Gasteiger partial charge in [0.1, 0.15) is 0 Å². The number of anilines is 3. The number of rotatable bonds is 8. The number of hydrogen-bond donors (Lipinski definition) is 0. The summed E-state index contributed by atoms with van der Waals surface area (Å²) in [4.78, 5) is 2.44. The summed E-state index contributed by atoms with van der Waals surface area (Å²) in [7, 11) is 0. The third kappa shape index (κ3) is 6.65. The van der Waals surface area contributed by atoms with Crippen molar-refractivity contribution in [2.24, 2.45) is 0 Å². The fraction of sp³-hybridized carbons (Fsp3) is 0. The first kappa shape index (κ1) is 39.4. The number of benzene rings is 12. The highest BCUT2D eigenvalue weighted by Gasteiger charge is 2.23. The highest BCUT2D eigenvalue weighted by molar-refractivity contribution is 6.22. The molecule has 0 fully saturated rings. The third-order valence-corrected chi connectivity index (χ3v) is 13.8. The molecule has 68 heavy (non-hydrogen) atoms. The minimum absolute atomic E-state index is 1.08. The molecule has 0 radical (unpaired) electrons. The van der Waals surface area contributed by atoms with Crippen LogP contribution in [-0.2, 0) is 0 Å². The molecule has 0 spiro atoms.